The lowest BCUT2D eigenvalue weighted by atomic mass is 10.1. The van der Waals surface area contributed by atoms with Crippen LogP contribution in [0.3, 0.4) is 0 Å². The average molecular weight is 348 g/mol. The fourth-order valence-electron chi connectivity index (χ4n) is 2.17. The molecule has 0 radical (unpaired) electrons. The lowest BCUT2D eigenvalue weighted by Crippen LogP contribution is -2.24. The third-order valence-electron chi connectivity index (χ3n) is 3.40. The van der Waals surface area contributed by atoms with E-state index in [1.165, 1.54) is 31.5 Å². The maximum Gasteiger partial charge on any atom is 0.271 e. The second-order valence-corrected chi connectivity index (χ2v) is 5.35. The number of benzene rings is 1. The largest absolute Gasteiger partial charge is 0.352 e. The molecule has 0 aliphatic rings. The molecule has 1 heterocycles. The Kier molecular flexibility index (Phi) is 6.10. The molecule has 2 rings (SSSR count). The Bertz CT molecular complexity index is 796. The van der Waals surface area contributed by atoms with Crippen LogP contribution >= 0.6 is 0 Å². The summed E-state index contributed by atoms with van der Waals surface area (Å²) in [5.74, 6) is -2.73. The van der Waals surface area contributed by atoms with Gasteiger partial charge in [0.05, 0.1) is 11.9 Å². The molecule has 0 atom stereocenters. The van der Waals surface area contributed by atoms with Gasteiger partial charge in [0.1, 0.15) is 5.69 Å². The Hall–Kier alpha value is -2.90. The molecule has 0 bridgehead atoms. The highest BCUT2D eigenvalue weighted by atomic mass is 19.2. The molecule has 2 N–H and O–H groups in total. The van der Waals surface area contributed by atoms with Crippen LogP contribution in [0.5, 0.6) is 0 Å². The van der Waals surface area contributed by atoms with E-state index in [0.717, 1.165) is 0 Å². The predicted molar refractivity (Wildman–Crippen MR) is 86.7 cm³/mol. The number of rotatable bonds is 6. The standard InChI is InChI=1S/C17H18F2N4O2/c1-3-21-17(25)14-9-20-8-13(23-14)6-11-4-5-12(7-22-10(2)24)16(19)15(11)18/h4-5,8-9H,3,6-7H2,1-2H3,(H,21,25)(H,22,24). The molecule has 132 valence electrons. The van der Waals surface area contributed by atoms with Crippen LogP contribution in [0.4, 0.5) is 8.78 Å². The smallest absolute Gasteiger partial charge is 0.271 e. The zero-order chi connectivity index (χ0) is 18.4. The van der Waals surface area contributed by atoms with Gasteiger partial charge in [0.2, 0.25) is 5.91 Å². The van der Waals surface area contributed by atoms with E-state index in [1.807, 2.05) is 0 Å². The van der Waals surface area contributed by atoms with Crippen molar-refractivity contribution in [1.82, 2.24) is 20.6 Å². The molecule has 0 fully saturated rings. The number of hydrogen-bond acceptors (Lipinski definition) is 4. The Morgan fingerprint density at radius 2 is 1.76 bits per heavy atom. The summed E-state index contributed by atoms with van der Waals surface area (Å²) in [4.78, 5) is 30.7. The highest BCUT2D eigenvalue weighted by molar-refractivity contribution is 5.91. The quantitative estimate of drug-likeness (QED) is 0.833. The molecule has 0 unspecified atom stereocenters. The maximum atomic E-state index is 14.2. The van der Waals surface area contributed by atoms with E-state index in [-0.39, 0.29) is 41.6 Å². The Labute approximate surface area is 143 Å². The first kappa shape index (κ1) is 18.4. The molecule has 0 saturated heterocycles. The van der Waals surface area contributed by atoms with Crippen LogP contribution in [0.25, 0.3) is 0 Å². The fraction of sp³-hybridized carbons (Fsp3) is 0.294. The third kappa shape index (κ3) is 4.79. The van der Waals surface area contributed by atoms with Gasteiger partial charge in [-0.25, -0.2) is 13.8 Å². The van der Waals surface area contributed by atoms with Crippen molar-refractivity contribution in [2.75, 3.05) is 6.54 Å². The van der Waals surface area contributed by atoms with Gasteiger partial charge < -0.3 is 10.6 Å². The van der Waals surface area contributed by atoms with Crippen LogP contribution in [-0.4, -0.2) is 28.3 Å². The van der Waals surface area contributed by atoms with Crippen molar-refractivity contribution in [1.29, 1.82) is 0 Å². The maximum absolute atomic E-state index is 14.2. The van der Waals surface area contributed by atoms with Gasteiger partial charge in [-0.05, 0) is 12.5 Å². The summed E-state index contributed by atoms with van der Waals surface area (Å²) < 4.78 is 28.3. The van der Waals surface area contributed by atoms with Crippen molar-refractivity contribution < 1.29 is 18.4 Å². The predicted octanol–water partition coefficient (Wildman–Crippen LogP) is 1.73. The van der Waals surface area contributed by atoms with Gasteiger partial charge in [0.15, 0.2) is 11.6 Å². The molecule has 0 aliphatic heterocycles. The van der Waals surface area contributed by atoms with Gasteiger partial charge in [0, 0.05) is 38.2 Å². The number of aromatic nitrogens is 2. The van der Waals surface area contributed by atoms with Gasteiger partial charge >= 0.3 is 0 Å². The average Bonchev–Trinajstić information content (AvgIpc) is 2.58. The van der Waals surface area contributed by atoms with Crippen LogP contribution in [0.1, 0.15) is 41.2 Å². The summed E-state index contributed by atoms with van der Waals surface area (Å²) in [5, 5.41) is 5.01. The van der Waals surface area contributed by atoms with E-state index in [4.69, 9.17) is 0 Å². The van der Waals surface area contributed by atoms with Gasteiger partial charge in [-0.2, -0.15) is 0 Å². The minimum Gasteiger partial charge on any atom is -0.352 e. The normalized spacial score (nSPS) is 10.4. The molecule has 1 aromatic carbocycles. The lowest BCUT2D eigenvalue weighted by Gasteiger charge is -2.09. The number of carbonyl (C=O) groups excluding carboxylic acids is 2. The molecule has 25 heavy (non-hydrogen) atoms. The van der Waals surface area contributed by atoms with E-state index in [1.54, 1.807) is 6.92 Å². The number of carbonyl (C=O) groups is 2. The molecule has 2 amide bonds. The van der Waals surface area contributed by atoms with Crippen LogP contribution in [0, 0.1) is 11.6 Å². The first-order chi connectivity index (χ1) is 11.9. The molecule has 0 aliphatic carbocycles. The van der Waals surface area contributed by atoms with E-state index in [9.17, 15) is 18.4 Å². The number of hydrogen-bond donors (Lipinski definition) is 2. The first-order valence-electron chi connectivity index (χ1n) is 7.71. The molecule has 0 saturated carbocycles. The second-order valence-electron chi connectivity index (χ2n) is 5.35. The van der Waals surface area contributed by atoms with Crippen LogP contribution in [-0.2, 0) is 17.8 Å². The number of amides is 2. The lowest BCUT2D eigenvalue weighted by molar-refractivity contribution is -0.119. The summed E-state index contributed by atoms with van der Waals surface area (Å²) in [6, 6.07) is 2.83. The molecular weight excluding hydrogens is 330 g/mol. The third-order valence-corrected chi connectivity index (χ3v) is 3.40. The summed E-state index contributed by atoms with van der Waals surface area (Å²) in [6.07, 6.45) is 2.69. The van der Waals surface area contributed by atoms with E-state index >= 15 is 0 Å². The second kappa shape index (κ2) is 8.27. The van der Waals surface area contributed by atoms with Crippen LogP contribution < -0.4 is 10.6 Å². The van der Waals surface area contributed by atoms with Crippen molar-refractivity contribution in [3.05, 3.63) is 58.7 Å². The molecule has 1 aromatic heterocycles. The number of halogens is 2. The molecular formula is C17H18F2N4O2. The van der Waals surface area contributed by atoms with E-state index < -0.39 is 11.6 Å². The summed E-state index contributed by atoms with van der Waals surface area (Å²) >= 11 is 0. The Balaban J connectivity index is 2.20. The SMILES string of the molecule is CCNC(=O)c1cncc(Cc2ccc(CNC(C)=O)c(F)c2F)n1. The van der Waals surface area contributed by atoms with Gasteiger partial charge in [-0.1, -0.05) is 12.1 Å². The van der Waals surface area contributed by atoms with Gasteiger partial charge in [0.25, 0.3) is 5.91 Å². The summed E-state index contributed by atoms with van der Waals surface area (Å²) in [5.41, 5.74) is 0.601. The molecule has 2 aromatic rings. The number of nitrogens with one attached hydrogen (secondary N) is 2. The summed E-state index contributed by atoms with van der Waals surface area (Å²) in [7, 11) is 0. The van der Waals surface area contributed by atoms with Crippen molar-refractivity contribution in [3.63, 3.8) is 0 Å². The number of nitrogens with zero attached hydrogens (tertiary/aromatic N) is 2. The Morgan fingerprint density at radius 3 is 2.44 bits per heavy atom. The highest BCUT2D eigenvalue weighted by Crippen LogP contribution is 2.19. The van der Waals surface area contributed by atoms with Crippen molar-refractivity contribution in [2.24, 2.45) is 0 Å². The van der Waals surface area contributed by atoms with Crippen molar-refractivity contribution in [3.8, 4) is 0 Å². The minimum absolute atomic E-state index is 0.0105. The zero-order valence-electron chi connectivity index (χ0n) is 13.9. The van der Waals surface area contributed by atoms with E-state index in [0.29, 0.717) is 12.2 Å². The van der Waals surface area contributed by atoms with Gasteiger partial charge in [-0.3, -0.25) is 14.6 Å². The minimum atomic E-state index is -1.01. The molecule has 6 nitrogen and oxygen atoms in total. The van der Waals surface area contributed by atoms with E-state index in [2.05, 4.69) is 20.6 Å². The van der Waals surface area contributed by atoms with Crippen LogP contribution in [0.15, 0.2) is 24.5 Å². The highest BCUT2D eigenvalue weighted by Gasteiger charge is 2.15. The van der Waals surface area contributed by atoms with Crippen LogP contribution in [0.2, 0.25) is 0 Å². The topological polar surface area (TPSA) is 84.0 Å². The zero-order valence-corrected chi connectivity index (χ0v) is 13.9. The molecule has 8 heteroatoms. The summed E-state index contributed by atoms with van der Waals surface area (Å²) in [6.45, 7) is 3.42. The first-order valence-corrected chi connectivity index (χ1v) is 7.71. The monoisotopic (exact) mass is 348 g/mol. The fourth-order valence-corrected chi connectivity index (χ4v) is 2.17. The Morgan fingerprint density at radius 1 is 1.08 bits per heavy atom. The van der Waals surface area contributed by atoms with Gasteiger partial charge in [-0.15, -0.1) is 0 Å². The molecule has 0 spiro atoms. The van der Waals surface area contributed by atoms with Crippen molar-refractivity contribution >= 4 is 11.8 Å². The van der Waals surface area contributed by atoms with Crippen molar-refractivity contribution in [2.45, 2.75) is 26.8 Å².